The van der Waals surface area contributed by atoms with Gasteiger partial charge in [-0.2, -0.15) is 0 Å². The van der Waals surface area contributed by atoms with Crippen molar-refractivity contribution in [1.29, 1.82) is 0 Å². The van der Waals surface area contributed by atoms with Gasteiger partial charge in [0.05, 0.1) is 0 Å². The molecule has 2 aliphatic carbocycles. The fourth-order valence-electron chi connectivity index (χ4n) is 2.73. The number of carbonyl (C=O) groups excluding carboxylic acids is 1. The van der Waals surface area contributed by atoms with Gasteiger partial charge in [-0.25, -0.2) is 0 Å². The minimum Gasteiger partial charge on any atom is -0.491 e. The highest BCUT2D eigenvalue weighted by atomic mass is 16.5. The number of rotatable bonds is 6. The zero-order chi connectivity index (χ0) is 13.9. The van der Waals surface area contributed by atoms with Crippen molar-refractivity contribution in [3.63, 3.8) is 0 Å². The van der Waals surface area contributed by atoms with E-state index in [2.05, 4.69) is 17.4 Å². The average molecular weight is 274 g/mol. The number of benzene rings is 1. The normalized spacial score (nSPS) is 19.2. The van der Waals surface area contributed by atoms with Crippen LogP contribution >= 0.6 is 0 Å². The van der Waals surface area contributed by atoms with Gasteiger partial charge in [0.15, 0.2) is 0 Å². The quantitative estimate of drug-likeness (QED) is 0.827. The number of hydrogen-bond donors (Lipinski definition) is 2. The van der Waals surface area contributed by atoms with Crippen molar-refractivity contribution < 1.29 is 9.53 Å². The number of primary amides is 1. The van der Waals surface area contributed by atoms with Crippen molar-refractivity contribution in [2.45, 2.75) is 50.6 Å². The van der Waals surface area contributed by atoms with Crippen molar-refractivity contribution in [2.75, 3.05) is 6.61 Å². The third-order valence-electron chi connectivity index (χ3n) is 4.09. The van der Waals surface area contributed by atoms with Crippen molar-refractivity contribution in [1.82, 2.24) is 5.32 Å². The van der Waals surface area contributed by atoms with Gasteiger partial charge in [0.1, 0.15) is 18.4 Å². The maximum Gasteiger partial charge on any atom is 0.238 e. The number of hydrogen-bond acceptors (Lipinski definition) is 3. The van der Waals surface area contributed by atoms with Crippen molar-refractivity contribution in [3.05, 3.63) is 29.3 Å². The van der Waals surface area contributed by atoms with Gasteiger partial charge in [-0.15, -0.1) is 0 Å². The molecule has 2 aliphatic rings. The van der Waals surface area contributed by atoms with Crippen LogP contribution in [0.1, 0.15) is 36.8 Å². The minimum atomic E-state index is -0.390. The number of carbonyl (C=O) groups is 1. The number of fused-ring (bicyclic) bond motifs is 1. The van der Waals surface area contributed by atoms with Crippen molar-refractivity contribution >= 4 is 5.91 Å². The van der Waals surface area contributed by atoms with Gasteiger partial charge in [-0.1, -0.05) is 6.07 Å². The smallest absolute Gasteiger partial charge is 0.238 e. The number of ether oxygens (including phenoxy) is 1. The molecule has 1 atom stereocenters. The Morgan fingerprint density at radius 1 is 1.30 bits per heavy atom. The zero-order valence-corrected chi connectivity index (χ0v) is 11.7. The fourth-order valence-corrected chi connectivity index (χ4v) is 2.73. The second-order valence-electron chi connectivity index (χ2n) is 5.84. The van der Waals surface area contributed by atoms with E-state index in [4.69, 9.17) is 10.5 Å². The third-order valence-corrected chi connectivity index (χ3v) is 4.09. The summed E-state index contributed by atoms with van der Waals surface area (Å²) in [5, 5.41) is 3.22. The van der Waals surface area contributed by atoms with Crippen LogP contribution in [-0.2, 0) is 17.6 Å². The molecule has 4 nitrogen and oxygen atoms in total. The third kappa shape index (κ3) is 3.31. The Labute approximate surface area is 119 Å². The molecule has 1 unspecified atom stereocenters. The first-order valence-electron chi connectivity index (χ1n) is 7.52. The molecule has 108 valence electrons. The Kier molecular flexibility index (Phi) is 3.92. The summed E-state index contributed by atoms with van der Waals surface area (Å²) in [6, 6.07) is 6.32. The van der Waals surface area contributed by atoms with Crippen LogP contribution in [-0.4, -0.2) is 24.6 Å². The monoisotopic (exact) mass is 274 g/mol. The van der Waals surface area contributed by atoms with Crippen LogP contribution in [0.5, 0.6) is 5.75 Å². The van der Waals surface area contributed by atoms with Gasteiger partial charge >= 0.3 is 0 Å². The van der Waals surface area contributed by atoms with E-state index in [1.165, 1.54) is 30.4 Å². The highest BCUT2D eigenvalue weighted by Crippen LogP contribution is 2.25. The van der Waals surface area contributed by atoms with E-state index in [0.717, 1.165) is 25.0 Å². The lowest BCUT2D eigenvalue weighted by Crippen LogP contribution is -2.46. The van der Waals surface area contributed by atoms with Gasteiger partial charge in [-0.3, -0.25) is 4.79 Å². The Morgan fingerprint density at radius 2 is 2.05 bits per heavy atom. The molecular formula is C16H22N2O2. The number of amides is 1. The van der Waals surface area contributed by atoms with E-state index in [-0.39, 0.29) is 5.91 Å². The topological polar surface area (TPSA) is 64.4 Å². The standard InChI is InChI=1S/C16H22N2O2/c17-16(19)15(18-13-6-7-13)10-20-14-8-5-11-3-1-2-4-12(11)9-14/h5,8-9,13,15,18H,1-4,6-7,10H2,(H2,17,19). The summed E-state index contributed by atoms with van der Waals surface area (Å²) < 4.78 is 5.76. The Bertz CT molecular complexity index is 497. The van der Waals surface area contributed by atoms with Crippen molar-refractivity contribution in [3.8, 4) is 5.75 Å². The lowest BCUT2D eigenvalue weighted by Gasteiger charge is -2.19. The summed E-state index contributed by atoms with van der Waals surface area (Å²) in [6.07, 6.45) is 7.09. The number of nitrogens with two attached hydrogens (primary N) is 1. The summed E-state index contributed by atoms with van der Waals surface area (Å²) in [6.45, 7) is 0.310. The summed E-state index contributed by atoms with van der Waals surface area (Å²) in [5.74, 6) is 0.504. The summed E-state index contributed by atoms with van der Waals surface area (Å²) in [4.78, 5) is 11.4. The fraction of sp³-hybridized carbons (Fsp3) is 0.562. The van der Waals surface area contributed by atoms with Crippen LogP contribution < -0.4 is 15.8 Å². The predicted molar refractivity (Wildman–Crippen MR) is 77.7 cm³/mol. The molecule has 0 saturated heterocycles. The van der Waals surface area contributed by atoms with E-state index < -0.39 is 6.04 Å². The van der Waals surface area contributed by atoms with Gasteiger partial charge in [-0.05, 0) is 61.8 Å². The van der Waals surface area contributed by atoms with Gasteiger partial charge in [0, 0.05) is 6.04 Å². The minimum absolute atomic E-state index is 0.310. The highest BCUT2D eigenvalue weighted by Gasteiger charge is 2.27. The van der Waals surface area contributed by atoms with Crippen molar-refractivity contribution in [2.24, 2.45) is 5.73 Å². The van der Waals surface area contributed by atoms with Crippen LogP contribution in [0, 0.1) is 0 Å². The first-order valence-corrected chi connectivity index (χ1v) is 7.52. The second-order valence-corrected chi connectivity index (χ2v) is 5.84. The van der Waals surface area contributed by atoms with E-state index in [0.29, 0.717) is 12.6 Å². The number of aryl methyl sites for hydroxylation is 2. The molecule has 3 rings (SSSR count). The lowest BCUT2D eigenvalue weighted by atomic mass is 9.92. The molecule has 1 fully saturated rings. The summed E-state index contributed by atoms with van der Waals surface area (Å²) in [7, 11) is 0. The molecule has 0 bridgehead atoms. The zero-order valence-electron chi connectivity index (χ0n) is 11.7. The summed E-state index contributed by atoms with van der Waals surface area (Å²) >= 11 is 0. The van der Waals surface area contributed by atoms with Gasteiger partial charge in [0.25, 0.3) is 0 Å². The van der Waals surface area contributed by atoms with E-state index in [9.17, 15) is 4.79 Å². The Hall–Kier alpha value is -1.55. The molecule has 20 heavy (non-hydrogen) atoms. The average Bonchev–Trinajstić information content (AvgIpc) is 3.27. The Morgan fingerprint density at radius 3 is 2.75 bits per heavy atom. The molecule has 0 aromatic heterocycles. The molecular weight excluding hydrogens is 252 g/mol. The van der Waals surface area contributed by atoms with Crippen LogP contribution in [0.2, 0.25) is 0 Å². The lowest BCUT2D eigenvalue weighted by molar-refractivity contribution is -0.120. The van der Waals surface area contributed by atoms with Crippen LogP contribution in [0.15, 0.2) is 18.2 Å². The molecule has 0 heterocycles. The Balaban J connectivity index is 1.60. The number of nitrogens with one attached hydrogen (secondary N) is 1. The maximum absolute atomic E-state index is 11.4. The molecule has 1 amide bonds. The van der Waals surface area contributed by atoms with E-state index >= 15 is 0 Å². The highest BCUT2D eigenvalue weighted by molar-refractivity contribution is 5.80. The van der Waals surface area contributed by atoms with Gasteiger partial charge < -0.3 is 15.8 Å². The first kappa shape index (κ1) is 13.4. The molecule has 1 aromatic rings. The predicted octanol–water partition coefficient (Wildman–Crippen LogP) is 1.55. The van der Waals surface area contributed by atoms with E-state index in [1.807, 2.05) is 6.07 Å². The molecule has 1 aromatic carbocycles. The molecule has 1 saturated carbocycles. The van der Waals surface area contributed by atoms with E-state index in [1.54, 1.807) is 0 Å². The van der Waals surface area contributed by atoms with Gasteiger partial charge in [0.2, 0.25) is 5.91 Å². The summed E-state index contributed by atoms with van der Waals surface area (Å²) in [5.41, 5.74) is 8.23. The molecule has 4 heteroatoms. The maximum atomic E-state index is 11.4. The van der Waals surface area contributed by atoms with Crippen LogP contribution in [0.4, 0.5) is 0 Å². The van der Waals surface area contributed by atoms with Crippen LogP contribution in [0.25, 0.3) is 0 Å². The van der Waals surface area contributed by atoms with Crippen LogP contribution in [0.3, 0.4) is 0 Å². The molecule has 0 radical (unpaired) electrons. The largest absolute Gasteiger partial charge is 0.491 e. The molecule has 3 N–H and O–H groups in total. The SMILES string of the molecule is NC(=O)C(COc1ccc2c(c1)CCCC2)NC1CC1. The molecule has 0 aliphatic heterocycles. The first-order chi connectivity index (χ1) is 9.72. The molecule has 0 spiro atoms. The second kappa shape index (κ2) is 5.83.